The normalized spacial score (nSPS) is 34.3. The van der Waals surface area contributed by atoms with Crippen LogP contribution in [0.5, 0.6) is 0 Å². The van der Waals surface area contributed by atoms with Crippen molar-refractivity contribution in [3.63, 3.8) is 0 Å². The van der Waals surface area contributed by atoms with Crippen molar-refractivity contribution in [2.45, 2.75) is 38.3 Å². The van der Waals surface area contributed by atoms with Gasteiger partial charge in [-0.3, -0.25) is 4.79 Å². The van der Waals surface area contributed by atoms with Crippen LogP contribution in [0.3, 0.4) is 0 Å². The Morgan fingerprint density at radius 2 is 2.12 bits per heavy atom. The summed E-state index contributed by atoms with van der Waals surface area (Å²) in [4.78, 5) is 24.8. The van der Waals surface area contributed by atoms with E-state index in [-0.39, 0.29) is 17.9 Å². The van der Waals surface area contributed by atoms with Gasteiger partial charge in [0.25, 0.3) is 0 Å². The molecule has 0 saturated carbocycles. The predicted molar refractivity (Wildman–Crippen MR) is 57.9 cm³/mol. The molecule has 0 aromatic heterocycles. The van der Waals surface area contributed by atoms with Gasteiger partial charge in [-0.15, -0.1) is 0 Å². The van der Waals surface area contributed by atoms with Crippen LogP contribution < -0.4 is 5.32 Å². The van der Waals surface area contributed by atoms with Gasteiger partial charge in [-0.05, 0) is 31.7 Å². The first-order valence-electron chi connectivity index (χ1n) is 5.88. The van der Waals surface area contributed by atoms with E-state index >= 15 is 0 Å². The molecule has 1 amide bonds. The van der Waals surface area contributed by atoms with E-state index in [1.54, 1.807) is 0 Å². The van der Waals surface area contributed by atoms with Crippen LogP contribution in [-0.4, -0.2) is 47.1 Å². The summed E-state index contributed by atoms with van der Waals surface area (Å²) in [6.07, 6.45) is 2.61. The number of carbonyl (C=O) groups is 2. The molecule has 5 nitrogen and oxygen atoms in total. The van der Waals surface area contributed by atoms with Gasteiger partial charge in [-0.1, -0.05) is 6.92 Å². The van der Waals surface area contributed by atoms with Gasteiger partial charge < -0.3 is 15.3 Å². The lowest BCUT2D eigenvalue weighted by atomic mass is 10.0. The fraction of sp³-hybridized carbons (Fsp3) is 0.818. The van der Waals surface area contributed by atoms with Crippen molar-refractivity contribution in [1.29, 1.82) is 0 Å². The summed E-state index contributed by atoms with van der Waals surface area (Å²) in [6, 6.07) is -0.790. The lowest BCUT2D eigenvalue weighted by Gasteiger charge is -2.26. The van der Waals surface area contributed by atoms with Gasteiger partial charge in [0.15, 0.2) is 0 Å². The monoisotopic (exact) mass is 226 g/mol. The van der Waals surface area contributed by atoms with Crippen LogP contribution in [0.4, 0.5) is 0 Å². The topological polar surface area (TPSA) is 69.6 Å². The maximum Gasteiger partial charge on any atom is 0.326 e. The van der Waals surface area contributed by atoms with E-state index in [0.717, 1.165) is 25.8 Å². The zero-order chi connectivity index (χ0) is 11.7. The Balaban J connectivity index is 2.07. The lowest BCUT2D eigenvalue weighted by Crippen LogP contribution is -2.49. The fourth-order valence-corrected chi connectivity index (χ4v) is 2.67. The maximum absolute atomic E-state index is 12.1. The Labute approximate surface area is 94.8 Å². The highest BCUT2D eigenvalue weighted by Gasteiger charge is 2.41. The second-order valence-electron chi connectivity index (χ2n) is 4.73. The minimum absolute atomic E-state index is 0.0331. The van der Waals surface area contributed by atoms with E-state index in [4.69, 9.17) is 5.11 Å². The average molecular weight is 226 g/mol. The lowest BCUT2D eigenvalue weighted by molar-refractivity contribution is -0.150. The molecule has 5 heteroatoms. The van der Waals surface area contributed by atoms with Crippen LogP contribution in [0.15, 0.2) is 0 Å². The van der Waals surface area contributed by atoms with E-state index in [2.05, 4.69) is 5.32 Å². The third-order valence-corrected chi connectivity index (χ3v) is 3.59. The van der Waals surface area contributed by atoms with Crippen molar-refractivity contribution in [2.75, 3.05) is 13.1 Å². The molecule has 2 aliphatic heterocycles. The average Bonchev–Trinajstić information content (AvgIpc) is 2.84. The van der Waals surface area contributed by atoms with Gasteiger partial charge in [0.05, 0.1) is 6.04 Å². The number of hydrogen-bond donors (Lipinski definition) is 2. The number of hydrogen-bond acceptors (Lipinski definition) is 3. The van der Waals surface area contributed by atoms with Gasteiger partial charge >= 0.3 is 5.97 Å². The Morgan fingerprint density at radius 3 is 2.69 bits per heavy atom. The van der Waals surface area contributed by atoms with Gasteiger partial charge in [0, 0.05) is 6.54 Å². The molecule has 2 saturated heterocycles. The number of amides is 1. The number of rotatable bonds is 2. The molecule has 2 rings (SSSR count). The molecule has 0 aliphatic carbocycles. The van der Waals surface area contributed by atoms with Crippen LogP contribution in [0.25, 0.3) is 0 Å². The standard InChI is InChI=1S/C11H18N2O3/c1-7-4-6-13(9(7)11(15)16)10(14)8-3-2-5-12-8/h7-9,12H,2-6H2,1H3,(H,15,16)/t7?,8-,9?/m0/s1. The number of carboxylic acid groups (broad SMARTS) is 1. The first kappa shape index (κ1) is 11.4. The van der Waals surface area contributed by atoms with E-state index in [0.29, 0.717) is 6.54 Å². The molecule has 2 unspecified atom stereocenters. The predicted octanol–water partition coefficient (Wildman–Crippen LogP) is 0.0600. The Kier molecular flexibility index (Phi) is 3.14. The maximum atomic E-state index is 12.1. The first-order chi connectivity index (χ1) is 7.61. The molecule has 2 fully saturated rings. The number of aliphatic carboxylic acids is 1. The molecule has 16 heavy (non-hydrogen) atoms. The number of carbonyl (C=O) groups excluding carboxylic acids is 1. The van der Waals surface area contributed by atoms with Crippen LogP contribution in [0, 0.1) is 5.92 Å². The van der Waals surface area contributed by atoms with E-state index in [1.165, 1.54) is 4.90 Å². The second kappa shape index (κ2) is 4.41. The summed E-state index contributed by atoms with van der Waals surface area (Å²) in [6.45, 7) is 3.33. The minimum Gasteiger partial charge on any atom is -0.480 e. The molecule has 0 bridgehead atoms. The Hall–Kier alpha value is -1.10. The molecule has 2 aliphatic rings. The van der Waals surface area contributed by atoms with Crippen molar-refractivity contribution in [3.8, 4) is 0 Å². The van der Waals surface area contributed by atoms with Crippen molar-refractivity contribution in [2.24, 2.45) is 5.92 Å². The van der Waals surface area contributed by atoms with Crippen LogP contribution in [-0.2, 0) is 9.59 Å². The van der Waals surface area contributed by atoms with Crippen molar-refractivity contribution in [3.05, 3.63) is 0 Å². The zero-order valence-electron chi connectivity index (χ0n) is 9.48. The molecule has 2 N–H and O–H groups in total. The number of nitrogens with one attached hydrogen (secondary N) is 1. The van der Waals surface area contributed by atoms with Gasteiger partial charge in [-0.2, -0.15) is 0 Å². The Bertz CT molecular complexity index is 300. The molecule has 0 radical (unpaired) electrons. The Morgan fingerprint density at radius 1 is 1.38 bits per heavy atom. The van der Waals surface area contributed by atoms with Gasteiger partial charge in [-0.25, -0.2) is 4.79 Å². The van der Waals surface area contributed by atoms with Crippen molar-refractivity contribution in [1.82, 2.24) is 10.2 Å². The van der Waals surface area contributed by atoms with E-state index in [9.17, 15) is 9.59 Å². The quantitative estimate of drug-likeness (QED) is 0.698. The highest BCUT2D eigenvalue weighted by atomic mass is 16.4. The highest BCUT2D eigenvalue weighted by Crippen LogP contribution is 2.25. The third kappa shape index (κ3) is 1.91. The summed E-state index contributed by atoms with van der Waals surface area (Å²) < 4.78 is 0. The van der Waals surface area contributed by atoms with Crippen LogP contribution in [0.1, 0.15) is 26.2 Å². The zero-order valence-corrected chi connectivity index (χ0v) is 9.48. The molecule has 0 spiro atoms. The first-order valence-corrected chi connectivity index (χ1v) is 5.88. The van der Waals surface area contributed by atoms with Crippen molar-refractivity contribution >= 4 is 11.9 Å². The molecule has 2 heterocycles. The van der Waals surface area contributed by atoms with Gasteiger partial charge in [0.2, 0.25) is 5.91 Å². The highest BCUT2D eigenvalue weighted by molar-refractivity contribution is 5.88. The molecule has 0 aromatic carbocycles. The summed E-state index contributed by atoms with van der Waals surface area (Å²) in [5.41, 5.74) is 0. The molecule has 90 valence electrons. The SMILES string of the molecule is CC1CCN(C(=O)[C@@H]2CCCN2)C1C(=O)O. The van der Waals surface area contributed by atoms with E-state index < -0.39 is 12.0 Å². The third-order valence-electron chi connectivity index (χ3n) is 3.59. The van der Waals surface area contributed by atoms with Crippen molar-refractivity contribution < 1.29 is 14.7 Å². The summed E-state index contributed by atoms with van der Waals surface area (Å²) in [7, 11) is 0. The summed E-state index contributed by atoms with van der Waals surface area (Å²) in [5.74, 6) is -0.853. The van der Waals surface area contributed by atoms with Crippen LogP contribution >= 0.6 is 0 Å². The largest absolute Gasteiger partial charge is 0.480 e. The second-order valence-corrected chi connectivity index (χ2v) is 4.73. The van der Waals surface area contributed by atoms with E-state index in [1.807, 2.05) is 6.92 Å². The number of likely N-dealkylation sites (tertiary alicyclic amines) is 1. The molecular formula is C11H18N2O3. The minimum atomic E-state index is -0.878. The number of carboxylic acids is 1. The van der Waals surface area contributed by atoms with Crippen LogP contribution in [0.2, 0.25) is 0 Å². The number of nitrogens with zero attached hydrogens (tertiary/aromatic N) is 1. The summed E-state index contributed by atoms with van der Waals surface area (Å²) >= 11 is 0. The smallest absolute Gasteiger partial charge is 0.326 e. The molecule has 3 atom stereocenters. The molecular weight excluding hydrogens is 208 g/mol. The fourth-order valence-electron chi connectivity index (χ4n) is 2.67. The van der Waals surface area contributed by atoms with Gasteiger partial charge in [0.1, 0.15) is 6.04 Å². The summed E-state index contributed by atoms with van der Waals surface area (Å²) in [5, 5.41) is 12.3. The molecule has 0 aromatic rings.